The van der Waals surface area contributed by atoms with Crippen LogP contribution in [-0.4, -0.2) is 21.1 Å². The van der Waals surface area contributed by atoms with Gasteiger partial charge >= 0.3 is 0 Å². The van der Waals surface area contributed by atoms with E-state index < -0.39 is 0 Å². The van der Waals surface area contributed by atoms with Gasteiger partial charge in [0.1, 0.15) is 5.82 Å². The smallest absolute Gasteiger partial charge is 0.239 e. The summed E-state index contributed by atoms with van der Waals surface area (Å²) < 4.78 is 8.00. The number of nitrogens with one attached hydrogen (secondary N) is 1. The van der Waals surface area contributed by atoms with Crippen LogP contribution < -0.4 is 10.1 Å². The number of fused-ring (bicyclic) bond motifs is 2. The fourth-order valence-corrected chi connectivity index (χ4v) is 4.20. The molecule has 0 amide bonds. The zero-order valence-electron chi connectivity index (χ0n) is 17.3. The first-order valence-corrected chi connectivity index (χ1v) is 10.7. The molecule has 5 nitrogen and oxygen atoms in total. The quantitative estimate of drug-likeness (QED) is 0.478. The SMILES string of the molecule is CCOc1cc2ccccc2n1-c1nc2c(c(NCc3ccccc3)n1)CCCC2. The van der Waals surface area contributed by atoms with Crippen LogP contribution in [-0.2, 0) is 19.4 Å². The van der Waals surface area contributed by atoms with Gasteiger partial charge in [-0.1, -0.05) is 48.5 Å². The first kappa shape index (κ1) is 18.7. The minimum Gasteiger partial charge on any atom is -0.479 e. The van der Waals surface area contributed by atoms with E-state index in [4.69, 9.17) is 14.7 Å². The van der Waals surface area contributed by atoms with E-state index in [9.17, 15) is 0 Å². The summed E-state index contributed by atoms with van der Waals surface area (Å²) in [6.07, 6.45) is 4.38. The molecular weight excluding hydrogens is 372 g/mol. The summed E-state index contributed by atoms with van der Waals surface area (Å²) >= 11 is 0. The third-order valence-corrected chi connectivity index (χ3v) is 5.64. The van der Waals surface area contributed by atoms with Gasteiger partial charge in [0.25, 0.3) is 0 Å². The lowest BCUT2D eigenvalue weighted by atomic mass is 9.96. The molecule has 0 saturated carbocycles. The lowest BCUT2D eigenvalue weighted by Crippen LogP contribution is -2.16. The molecule has 5 rings (SSSR count). The number of benzene rings is 2. The fourth-order valence-electron chi connectivity index (χ4n) is 4.20. The number of anilines is 1. The molecule has 1 aliphatic rings. The van der Waals surface area contributed by atoms with Crippen molar-refractivity contribution in [3.8, 4) is 11.8 Å². The van der Waals surface area contributed by atoms with Gasteiger partial charge in [-0.3, -0.25) is 0 Å². The summed E-state index contributed by atoms with van der Waals surface area (Å²) in [4.78, 5) is 9.99. The Bertz CT molecular complexity index is 1170. The second kappa shape index (κ2) is 8.19. The van der Waals surface area contributed by atoms with Crippen LogP contribution in [0.25, 0.3) is 16.9 Å². The van der Waals surface area contributed by atoms with Crippen molar-refractivity contribution in [1.82, 2.24) is 14.5 Å². The molecule has 0 saturated heterocycles. The Labute approximate surface area is 176 Å². The molecule has 0 aliphatic heterocycles. The Balaban J connectivity index is 1.61. The van der Waals surface area contributed by atoms with Crippen molar-refractivity contribution in [2.45, 2.75) is 39.2 Å². The van der Waals surface area contributed by atoms with Crippen molar-refractivity contribution >= 4 is 16.7 Å². The van der Waals surface area contributed by atoms with Crippen LogP contribution >= 0.6 is 0 Å². The van der Waals surface area contributed by atoms with Gasteiger partial charge < -0.3 is 10.1 Å². The number of nitrogens with zero attached hydrogens (tertiary/aromatic N) is 3. The maximum Gasteiger partial charge on any atom is 0.239 e. The maximum absolute atomic E-state index is 5.95. The van der Waals surface area contributed by atoms with Crippen molar-refractivity contribution in [3.05, 3.63) is 77.5 Å². The Kier molecular flexibility index (Phi) is 5.10. The molecule has 1 aliphatic carbocycles. The number of para-hydroxylation sites is 1. The Morgan fingerprint density at radius 1 is 0.967 bits per heavy atom. The van der Waals surface area contributed by atoms with E-state index in [0.29, 0.717) is 12.6 Å². The third-order valence-electron chi connectivity index (χ3n) is 5.64. The van der Waals surface area contributed by atoms with E-state index >= 15 is 0 Å². The van der Waals surface area contributed by atoms with E-state index in [2.05, 4.69) is 47.8 Å². The van der Waals surface area contributed by atoms with Crippen LogP contribution in [0, 0.1) is 0 Å². The Morgan fingerprint density at radius 2 is 1.77 bits per heavy atom. The fraction of sp³-hybridized carbons (Fsp3) is 0.280. The molecule has 0 radical (unpaired) electrons. The van der Waals surface area contributed by atoms with Gasteiger partial charge in [0, 0.05) is 23.6 Å². The van der Waals surface area contributed by atoms with Gasteiger partial charge in [0.15, 0.2) is 0 Å². The van der Waals surface area contributed by atoms with E-state index in [1.165, 1.54) is 24.0 Å². The molecule has 1 N–H and O–H groups in total. The number of rotatable bonds is 6. The second-order valence-electron chi connectivity index (χ2n) is 7.65. The molecule has 30 heavy (non-hydrogen) atoms. The minimum absolute atomic E-state index is 0.598. The molecule has 2 heterocycles. The number of hydrogen-bond donors (Lipinski definition) is 1. The van der Waals surface area contributed by atoms with Crippen LogP contribution in [0.3, 0.4) is 0 Å². The topological polar surface area (TPSA) is 52.0 Å². The first-order chi connectivity index (χ1) is 14.8. The van der Waals surface area contributed by atoms with Crippen LogP contribution in [0.2, 0.25) is 0 Å². The normalized spacial score (nSPS) is 13.2. The average molecular weight is 399 g/mol. The maximum atomic E-state index is 5.95. The summed E-state index contributed by atoms with van der Waals surface area (Å²) in [6, 6.07) is 20.8. The third kappa shape index (κ3) is 3.52. The zero-order chi connectivity index (χ0) is 20.3. The summed E-state index contributed by atoms with van der Waals surface area (Å²) in [5, 5.41) is 4.71. The summed E-state index contributed by atoms with van der Waals surface area (Å²) in [5.74, 6) is 2.40. The summed E-state index contributed by atoms with van der Waals surface area (Å²) in [5.41, 5.74) is 4.71. The number of ether oxygens (including phenoxy) is 1. The monoisotopic (exact) mass is 398 g/mol. The van der Waals surface area contributed by atoms with Crippen molar-refractivity contribution < 1.29 is 4.74 Å². The number of aryl methyl sites for hydroxylation is 1. The largest absolute Gasteiger partial charge is 0.479 e. The molecule has 0 spiro atoms. The van der Waals surface area contributed by atoms with Gasteiger partial charge in [-0.05, 0) is 44.2 Å². The Morgan fingerprint density at radius 3 is 2.63 bits per heavy atom. The van der Waals surface area contributed by atoms with Crippen LogP contribution in [0.4, 0.5) is 5.82 Å². The predicted octanol–water partition coefficient (Wildman–Crippen LogP) is 5.31. The average Bonchev–Trinajstić information content (AvgIpc) is 3.16. The van der Waals surface area contributed by atoms with Gasteiger partial charge in [-0.2, -0.15) is 4.98 Å². The molecular formula is C25H26N4O. The molecule has 0 bridgehead atoms. The lowest BCUT2D eigenvalue weighted by molar-refractivity contribution is 0.321. The van der Waals surface area contributed by atoms with Gasteiger partial charge in [-0.15, -0.1) is 0 Å². The van der Waals surface area contributed by atoms with Crippen molar-refractivity contribution in [1.29, 1.82) is 0 Å². The standard InChI is InChI=1S/C25H26N4O/c1-2-30-23-16-19-12-6-9-15-22(19)29(23)25-27-21-14-8-7-13-20(21)24(28-25)26-17-18-10-4-3-5-11-18/h3-6,9-12,15-16H,2,7-8,13-14,17H2,1H3,(H,26,27,28). The molecule has 5 heteroatoms. The van der Waals surface area contributed by atoms with Crippen LogP contribution in [0.5, 0.6) is 5.88 Å². The van der Waals surface area contributed by atoms with Crippen molar-refractivity contribution in [2.75, 3.05) is 11.9 Å². The minimum atomic E-state index is 0.598. The number of hydrogen-bond acceptors (Lipinski definition) is 4. The molecule has 152 valence electrons. The number of aromatic nitrogens is 3. The molecule has 0 fully saturated rings. The van der Waals surface area contributed by atoms with Gasteiger partial charge in [-0.25, -0.2) is 9.55 Å². The molecule has 0 atom stereocenters. The highest BCUT2D eigenvalue weighted by atomic mass is 16.5. The highest BCUT2D eigenvalue weighted by molar-refractivity contribution is 5.84. The predicted molar refractivity (Wildman–Crippen MR) is 120 cm³/mol. The molecule has 2 aromatic heterocycles. The van der Waals surface area contributed by atoms with Gasteiger partial charge in [0.05, 0.1) is 17.8 Å². The summed E-state index contributed by atoms with van der Waals surface area (Å²) in [6.45, 7) is 3.34. The summed E-state index contributed by atoms with van der Waals surface area (Å²) in [7, 11) is 0. The first-order valence-electron chi connectivity index (χ1n) is 10.7. The van der Waals surface area contributed by atoms with Crippen molar-refractivity contribution in [3.63, 3.8) is 0 Å². The molecule has 2 aromatic carbocycles. The highest BCUT2D eigenvalue weighted by Crippen LogP contribution is 2.32. The molecule has 4 aromatic rings. The second-order valence-corrected chi connectivity index (χ2v) is 7.65. The van der Waals surface area contributed by atoms with E-state index in [-0.39, 0.29) is 0 Å². The highest BCUT2D eigenvalue weighted by Gasteiger charge is 2.21. The van der Waals surface area contributed by atoms with Gasteiger partial charge in [0.2, 0.25) is 11.8 Å². The van der Waals surface area contributed by atoms with E-state index in [1.54, 1.807) is 0 Å². The lowest BCUT2D eigenvalue weighted by Gasteiger charge is -2.21. The Hall–Kier alpha value is -3.34. The van der Waals surface area contributed by atoms with Crippen molar-refractivity contribution in [2.24, 2.45) is 0 Å². The van der Waals surface area contributed by atoms with Crippen LogP contribution in [0.15, 0.2) is 60.7 Å². The zero-order valence-corrected chi connectivity index (χ0v) is 17.3. The van der Waals surface area contributed by atoms with Crippen LogP contribution in [0.1, 0.15) is 36.6 Å². The van der Waals surface area contributed by atoms with E-state index in [0.717, 1.165) is 47.7 Å². The molecule has 0 unspecified atom stereocenters. The van der Waals surface area contributed by atoms with E-state index in [1.807, 2.05) is 29.7 Å².